The summed E-state index contributed by atoms with van der Waals surface area (Å²) in [6, 6.07) is 14.0. The highest BCUT2D eigenvalue weighted by Gasteiger charge is 2.15. The van der Waals surface area contributed by atoms with Gasteiger partial charge in [-0.15, -0.1) is 10.2 Å². The Labute approximate surface area is 143 Å². The number of hydrogen-bond acceptors (Lipinski definition) is 6. The zero-order valence-electron chi connectivity index (χ0n) is 13.1. The lowest BCUT2D eigenvalue weighted by molar-refractivity contribution is 0.174. The Kier molecular flexibility index (Phi) is 3.78. The van der Waals surface area contributed by atoms with Gasteiger partial charge in [0.15, 0.2) is 17.3 Å². The number of fused-ring (bicyclic) bond motifs is 1. The maximum Gasteiger partial charge on any atom is 0.231 e. The van der Waals surface area contributed by atoms with Crippen molar-refractivity contribution in [1.82, 2.24) is 14.9 Å². The molecule has 0 spiro atoms. The molecule has 7 heteroatoms. The first-order chi connectivity index (χ1) is 11.7. The van der Waals surface area contributed by atoms with Crippen LogP contribution in [0, 0.1) is 6.92 Å². The summed E-state index contributed by atoms with van der Waals surface area (Å²) in [6.45, 7) is 2.33. The number of nitrogen functional groups attached to an aromatic ring is 1. The van der Waals surface area contributed by atoms with Crippen molar-refractivity contribution in [3.63, 3.8) is 0 Å². The molecule has 0 saturated heterocycles. The fourth-order valence-corrected chi connectivity index (χ4v) is 3.25. The number of aromatic nitrogens is 3. The molecule has 4 rings (SSSR count). The Morgan fingerprint density at radius 2 is 1.88 bits per heavy atom. The standard InChI is InChI=1S/C17H16N4O2S/c1-11-2-5-13(6-3-11)16-19-20-17(21(16)18)24-9-12-4-7-14-15(8-12)23-10-22-14/h2-8H,9-10,18H2,1H3. The van der Waals surface area contributed by atoms with Crippen LogP contribution in [0.3, 0.4) is 0 Å². The summed E-state index contributed by atoms with van der Waals surface area (Å²) >= 11 is 1.53. The molecule has 3 aromatic rings. The number of benzene rings is 2. The van der Waals surface area contributed by atoms with Crippen molar-refractivity contribution >= 4 is 11.8 Å². The molecule has 1 aromatic heterocycles. The summed E-state index contributed by atoms with van der Waals surface area (Å²) < 4.78 is 12.2. The van der Waals surface area contributed by atoms with Gasteiger partial charge < -0.3 is 15.3 Å². The van der Waals surface area contributed by atoms with E-state index in [1.807, 2.05) is 49.4 Å². The van der Waals surface area contributed by atoms with E-state index in [1.165, 1.54) is 22.0 Å². The average molecular weight is 340 g/mol. The van der Waals surface area contributed by atoms with E-state index in [-0.39, 0.29) is 6.79 Å². The van der Waals surface area contributed by atoms with Crippen LogP contribution in [0.2, 0.25) is 0 Å². The molecule has 0 aliphatic carbocycles. The SMILES string of the molecule is Cc1ccc(-c2nnc(SCc3ccc4c(c3)OCO4)n2N)cc1. The average Bonchev–Trinajstić information content (AvgIpc) is 3.20. The maximum absolute atomic E-state index is 6.15. The van der Waals surface area contributed by atoms with Crippen LogP contribution in [0.15, 0.2) is 47.6 Å². The van der Waals surface area contributed by atoms with Crippen molar-refractivity contribution < 1.29 is 9.47 Å². The van der Waals surface area contributed by atoms with Gasteiger partial charge >= 0.3 is 0 Å². The van der Waals surface area contributed by atoms with Gasteiger partial charge in [-0.3, -0.25) is 0 Å². The first kappa shape index (κ1) is 14.9. The molecule has 1 aliphatic heterocycles. The molecule has 6 nitrogen and oxygen atoms in total. The van der Waals surface area contributed by atoms with Gasteiger partial charge in [0.1, 0.15) is 0 Å². The fraction of sp³-hybridized carbons (Fsp3) is 0.176. The van der Waals surface area contributed by atoms with Crippen LogP contribution in [0.4, 0.5) is 0 Å². The Bertz CT molecular complexity index is 877. The van der Waals surface area contributed by atoms with Gasteiger partial charge in [0.05, 0.1) is 0 Å². The van der Waals surface area contributed by atoms with Crippen molar-refractivity contribution in [2.24, 2.45) is 0 Å². The number of nitrogens with zero attached hydrogens (tertiary/aromatic N) is 3. The molecule has 1 aliphatic rings. The number of rotatable bonds is 4. The molecule has 24 heavy (non-hydrogen) atoms. The summed E-state index contributed by atoms with van der Waals surface area (Å²) in [7, 11) is 0. The second-order valence-corrected chi connectivity index (χ2v) is 6.46. The van der Waals surface area contributed by atoms with E-state index in [0.717, 1.165) is 28.4 Å². The largest absolute Gasteiger partial charge is 0.454 e. The minimum atomic E-state index is 0.281. The van der Waals surface area contributed by atoms with Crippen LogP contribution in [-0.2, 0) is 5.75 Å². The third-order valence-electron chi connectivity index (χ3n) is 3.78. The topological polar surface area (TPSA) is 75.2 Å². The highest BCUT2D eigenvalue weighted by molar-refractivity contribution is 7.98. The first-order valence-corrected chi connectivity index (χ1v) is 8.48. The highest BCUT2D eigenvalue weighted by atomic mass is 32.2. The van der Waals surface area contributed by atoms with E-state index in [2.05, 4.69) is 10.2 Å². The van der Waals surface area contributed by atoms with Crippen LogP contribution < -0.4 is 15.3 Å². The summed E-state index contributed by atoms with van der Waals surface area (Å²) in [4.78, 5) is 0. The molecule has 2 heterocycles. The molecule has 0 fully saturated rings. The van der Waals surface area contributed by atoms with E-state index in [1.54, 1.807) is 0 Å². The van der Waals surface area contributed by atoms with Gasteiger partial charge in [-0.1, -0.05) is 47.7 Å². The molecule has 0 saturated carbocycles. The summed E-state index contributed by atoms with van der Waals surface area (Å²) in [5, 5.41) is 9.07. The lowest BCUT2D eigenvalue weighted by Crippen LogP contribution is -2.11. The highest BCUT2D eigenvalue weighted by Crippen LogP contribution is 2.34. The van der Waals surface area contributed by atoms with Gasteiger partial charge in [-0.2, -0.15) is 0 Å². The van der Waals surface area contributed by atoms with E-state index in [9.17, 15) is 0 Å². The fourth-order valence-electron chi connectivity index (χ4n) is 2.45. The Morgan fingerprint density at radius 1 is 1.08 bits per heavy atom. The van der Waals surface area contributed by atoms with Gasteiger partial charge in [-0.05, 0) is 24.6 Å². The lowest BCUT2D eigenvalue weighted by atomic mass is 10.1. The Hall–Kier alpha value is -2.67. The third kappa shape index (κ3) is 2.78. The monoisotopic (exact) mass is 340 g/mol. The van der Waals surface area contributed by atoms with E-state index in [0.29, 0.717) is 11.0 Å². The third-order valence-corrected chi connectivity index (χ3v) is 4.79. The van der Waals surface area contributed by atoms with Crippen molar-refractivity contribution in [3.05, 3.63) is 53.6 Å². The number of thioether (sulfide) groups is 1. The summed E-state index contributed by atoms with van der Waals surface area (Å²) in [5.41, 5.74) is 3.26. The predicted molar refractivity (Wildman–Crippen MR) is 92.5 cm³/mol. The first-order valence-electron chi connectivity index (χ1n) is 7.49. The second-order valence-electron chi connectivity index (χ2n) is 5.52. The van der Waals surface area contributed by atoms with Crippen molar-refractivity contribution in [2.75, 3.05) is 12.6 Å². The van der Waals surface area contributed by atoms with E-state index in [4.69, 9.17) is 15.3 Å². The molecule has 2 N–H and O–H groups in total. The Morgan fingerprint density at radius 3 is 2.71 bits per heavy atom. The quantitative estimate of drug-likeness (QED) is 0.581. The van der Waals surface area contributed by atoms with E-state index < -0.39 is 0 Å². The normalized spacial score (nSPS) is 12.5. The Balaban J connectivity index is 1.50. The molecule has 122 valence electrons. The van der Waals surface area contributed by atoms with Crippen LogP contribution in [0.1, 0.15) is 11.1 Å². The molecule has 0 radical (unpaired) electrons. The minimum absolute atomic E-state index is 0.281. The van der Waals surface area contributed by atoms with Gasteiger partial charge in [-0.25, -0.2) is 4.68 Å². The molecule has 0 bridgehead atoms. The zero-order valence-corrected chi connectivity index (χ0v) is 13.9. The maximum atomic E-state index is 6.15. The summed E-state index contributed by atoms with van der Waals surface area (Å²) in [5.74, 6) is 9.10. The van der Waals surface area contributed by atoms with Gasteiger partial charge in [0.25, 0.3) is 0 Å². The predicted octanol–water partition coefficient (Wildman–Crippen LogP) is 2.99. The molecular formula is C17H16N4O2S. The smallest absolute Gasteiger partial charge is 0.231 e. The molecule has 0 atom stereocenters. The lowest BCUT2D eigenvalue weighted by Gasteiger charge is -2.05. The number of aryl methyl sites for hydroxylation is 1. The number of hydrogen-bond donors (Lipinski definition) is 1. The van der Waals surface area contributed by atoms with Crippen LogP contribution in [0.5, 0.6) is 11.5 Å². The van der Waals surface area contributed by atoms with Crippen LogP contribution >= 0.6 is 11.8 Å². The molecule has 2 aromatic carbocycles. The van der Waals surface area contributed by atoms with Crippen molar-refractivity contribution in [2.45, 2.75) is 17.8 Å². The second kappa shape index (κ2) is 6.09. The minimum Gasteiger partial charge on any atom is -0.454 e. The van der Waals surface area contributed by atoms with Crippen molar-refractivity contribution in [1.29, 1.82) is 0 Å². The molecule has 0 amide bonds. The van der Waals surface area contributed by atoms with Gasteiger partial charge in [0.2, 0.25) is 11.9 Å². The molecular weight excluding hydrogens is 324 g/mol. The van der Waals surface area contributed by atoms with Gasteiger partial charge in [0, 0.05) is 11.3 Å². The van der Waals surface area contributed by atoms with E-state index >= 15 is 0 Å². The summed E-state index contributed by atoms with van der Waals surface area (Å²) in [6.07, 6.45) is 0. The van der Waals surface area contributed by atoms with Crippen LogP contribution in [-0.4, -0.2) is 21.7 Å². The van der Waals surface area contributed by atoms with Crippen molar-refractivity contribution in [3.8, 4) is 22.9 Å². The number of nitrogens with two attached hydrogens (primary N) is 1. The zero-order chi connectivity index (χ0) is 16.5. The number of ether oxygens (including phenoxy) is 2. The molecule has 0 unspecified atom stereocenters. The van der Waals surface area contributed by atoms with Crippen LogP contribution in [0.25, 0.3) is 11.4 Å².